The number of nitrogen functional groups attached to an aromatic ring is 1. The minimum absolute atomic E-state index is 0.0436. The maximum atomic E-state index is 11.6. The summed E-state index contributed by atoms with van der Waals surface area (Å²) in [5.41, 5.74) is 0.816. The molecule has 0 aliphatic rings. The zero-order valence-electron chi connectivity index (χ0n) is 11.5. The number of benzene rings is 1. The van der Waals surface area contributed by atoms with E-state index in [-0.39, 0.29) is 11.7 Å². The first-order valence-corrected chi connectivity index (χ1v) is 7.84. The number of halogens is 1. The minimum atomic E-state index is -0.0436. The van der Waals surface area contributed by atoms with E-state index in [1.807, 2.05) is 19.1 Å². The third kappa shape index (κ3) is 4.12. The SMILES string of the molecule is CCCNC(=O)CSc1nnc(-c2ccc(Cl)cc2)n1N. The van der Waals surface area contributed by atoms with Gasteiger partial charge in [-0.3, -0.25) is 4.79 Å². The molecule has 112 valence electrons. The van der Waals surface area contributed by atoms with Gasteiger partial charge in [-0.15, -0.1) is 10.2 Å². The summed E-state index contributed by atoms with van der Waals surface area (Å²) < 4.78 is 1.38. The standard InChI is InChI=1S/C13H16ClN5OS/c1-2-7-16-11(20)8-21-13-18-17-12(19(13)15)9-3-5-10(14)6-4-9/h3-6H,2,7-8,15H2,1H3,(H,16,20). The summed E-state index contributed by atoms with van der Waals surface area (Å²) in [7, 11) is 0. The topological polar surface area (TPSA) is 85.8 Å². The maximum absolute atomic E-state index is 11.6. The molecular formula is C13H16ClN5OS. The van der Waals surface area contributed by atoms with Crippen molar-refractivity contribution in [1.82, 2.24) is 20.2 Å². The predicted octanol–water partition coefficient (Wildman–Crippen LogP) is 1.93. The molecular weight excluding hydrogens is 310 g/mol. The molecule has 1 heterocycles. The quantitative estimate of drug-likeness (QED) is 0.626. The van der Waals surface area contributed by atoms with Crippen molar-refractivity contribution in [1.29, 1.82) is 0 Å². The van der Waals surface area contributed by atoms with E-state index in [2.05, 4.69) is 15.5 Å². The molecule has 0 fully saturated rings. The summed E-state index contributed by atoms with van der Waals surface area (Å²) in [5, 5.41) is 12.0. The van der Waals surface area contributed by atoms with E-state index in [4.69, 9.17) is 17.4 Å². The molecule has 1 amide bonds. The Labute approximate surface area is 132 Å². The minimum Gasteiger partial charge on any atom is -0.355 e. The van der Waals surface area contributed by atoms with Crippen molar-refractivity contribution < 1.29 is 4.79 Å². The molecule has 0 unspecified atom stereocenters. The Morgan fingerprint density at radius 3 is 2.76 bits per heavy atom. The molecule has 0 aliphatic carbocycles. The van der Waals surface area contributed by atoms with Crippen molar-refractivity contribution in [3.8, 4) is 11.4 Å². The number of hydrogen-bond donors (Lipinski definition) is 2. The van der Waals surface area contributed by atoms with Gasteiger partial charge in [0.2, 0.25) is 11.1 Å². The van der Waals surface area contributed by atoms with Crippen LogP contribution in [0.15, 0.2) is 29.4 Å². The number of aromatic nitrogens is 3. The second kappa shape index (κ2) is 7.33. The maximum Gasteiger partial charge on any atom is 0.230 e. The number of nitrogens with one attached hydrogen (secondary N) is 1. The fourth-order valence-corrected chi connectivity index (χ4v) is 2.43. The van der Waals surface area contributed by atoms with Crippen LogP contribution in [0.5, 0.6) is 0 Å². The van der Waals surface area contributed by atoms with Gasteiger partial charge in [-0.05, 0) is 30.7 Å². The van der Waals surface area contributed by atoms with E-state index >= 15 is 0 Å². The molecule has 0 atom stereocenters. The van der Waals surface area contributed by atoms with Gasteiger partial charge in [-0.25, -0.2) is 4.68 Å². The third-order valence-electron chi connectivity index (χ3n) is 2.67. The highest BCUT2D eigenvalue weighted by molar-refractivity contribution is 7.99. The van der Waals surface area contributed by atoms with E-state index in [0.29, 0.717) is 22.5 Å². The average molecular weight is 326 g/mol. The number of hydrogen-bond acceptors (Lipinski definition) is 5. The fourth-order valence-electron chi connectivity index (χ4n) is 1.62. The molecule has 2 rings (SSSR count). The summed E-state index contributed by atoms with van der Waals surface area (Å²) in [5.74, 6) is 6.71. The Balaban J connectivity index is 2.03. The number of rotatable bonds is 6. The van der Waals surface area contributed by atoms with E-state index in [1.165, 1.54) is 16.4 Å². The molecule has 0 saturated carbocycles. The van der Waals surface area contributed by atoms with Gasteiger partial charge in [0.05, 0.1) is 5.75 Å². The number of carbonyl (C=O) groups excluding carboxylic acids is 1. The van der Waals surface area contributed by atoms with Crippen molar-refractivity contribution in [2.24, 2.45) is 0 Å². The lowest BCUT2D eigenvalue weighted by Crippen LogP contribution is -2.26. The van der Waals surface area contributed by atoms with Crippen molar-refractivity contribution >= 4 is 29.3 Å². The van der Waals surface area contributed by atoms with Crippen LogP contribution in [-0.2, 0) is 4.79 Å². The van der Waals surface area contributed by atoms with Crippen LogP contribution < -0.4 is 11.2 Å². The van der Waals surface area contributed by atoms with Crippen LogP contribution in [0.3, 0.4) is 0 Å². The zero-order valence-corrected chi connectivity index (χ0v) is 13.1. The highest BCUT2D eigenvalue weighted by Crippen LogP contribution is 2.22. The zero-order chi connectivity index (χ0) is 15.2. The van der Waals surface area contributed by atoms with E-state index in [9.17, 15) is 4.79 Å². The van der Waals surface area contributed by atoms with Crippen molar-refractivity contribution in [3.05, 3.63) is 29.3 Å². The van der Waals surface area contributed by atoms with Gasteiger partial charge < -0.3 is 11.2 Å². The third-order valence-corrected chi connectivity index (χ3v) is 3.87. The molecule has 0 radical (unpaired) electrons. The summed E-state index contributed by atoms with van der Waals surface area (Å²) in [4.78, 5) is 11.6. The van der Waals surface area contributed by atoms with Crippen molar-refractivity contribution in [3.63, 3.8) is 0 Å². The van der Waals surface area contributed by atoms with Gasteiger partial charge in [0, 0.05) is 17.1 Å². The Bertz CT molecular complexity index is 614. The monoisotopic (exact) mass is 325 g/mol. The second-order valence-electron chi connectivity index (χ2n) is 4.32. The molecule has 3 N–H and O–H groups in total. The predicted molar refractivity (Wildman–Crippen MR) is 84.6 cm³/mol. The number of carbonyl (C=O) groups is 1. The lowest BCUT2D eigenvalue weighted by atomic mass is 10.2. The molecule has 21 heavy (non-hydrogen) atoms. The van der Waals surface area contributed by atoms with Crippen molar-refractivity contribution in [2.45, 2.75) is 18.5 Å². The van der Waals surface area contributed by atoms with E-state index < -0.39 is 0 Å². The summed E-state index contributed by atoms with van der Waals surface area (Å²) in [6, 6.07) is 7.16. The highest BCUT2D eigenvalue weighted by Gasteiger charge is 2.13. The van der Waals surface area contributed by atoms with Crippen LogP contribution in [0.1, 0.15) is 13.3 Å². The van der Waals surface area contributed by atoms with Crippen molar-refractivity contribution in [2.75, 3.05) is 18.1 Å². The first-order valence-electron chi connectivity index (χ1n) is 6.47. The molecule has 2 aromatic rings. The number of nitrogens with two attached hydrogens (primary N) is 1. The number of nitrogens with zero attached hydrogens (tertiary/aromatic N) is 3. The first-order chi connectivity index (χ1) is 10.1. The molecule has 1 aromatic carbocycles. The molecule has 0 saturated heterocycles. The lowest BCUT2D eigenvalue weighted by molar-refractivity contribution is -0.118. The van der Waals surface area contributed by atoms with Crippen LogP contribution in [-0.4, -0.2) is 33.1 Å². The Morgan fingerprint density at radius 2 is 2.10 bits per heavy atom. The molecule has 6 nitrogen and oxygen atoms in total. The molecule has 1 aromatic heterocycles. The summed E-state index contributed by atoms with van der Waals surface area (Å²) in [6.07, 6.45) is 0.907. The van der Waals surface area contributed by atoms with Crippen LogP contribution in [0, 0.1) is 0 Å². The number of amides is 1. The van der Waals surface area contributed by atoms with Crippen LogP contribution in [0.2, 0.25) is 5.02 Å². The first kappa shape index (κ1) is 15.7. The smallest absolute Gasteiger partial charge is 0.230 e. The van der Waals surface area contributed by atoms with Gasteiger partial charge in [-0.2, -0.15) is 0 Å². The van der Waals surface area contributed by atoms with Crippen LogP contribution in [0.4, 0.5) is 0 Å². The van der Waals surface area contributed by atoms with Crippen LogP contribution >= 0.6 is 23.4 Å². The Kier molecular flexibility index (Phi) is 5.46. The molecule has 0 spiro atoms. The average Bonchev–Trinajstić information content (AvgIpc) is 2.85. The second-order valence-corrected chi connectivity index (χ2v) is 5.70. The van der Waals surface area contributed by atoms with E-state index in [1.54, 1.807) is 12.1 Å². The van der Waals surface area contributed by atoms with E-state index in [0.717, 1.165) is 12.0 Å². The fraction of sp³-hybridized carbons (Fsp3) is 0.308. The lowest BCUT2D eigenvalue weighted by Gasteiger charge is -2.04. The molecule has 8 heteroatoms. The number of thioether (sulfide) groups is 1. The molecule has 0 bridgehead atoms. The van der Waals surface area contributed by atoms with Gasteiger partial charge in [-0.1, -0.05) is 30.3 Å². The van der Waals surface area contributed by atoms with Gasteiger partial charge in [0.25, 0.3) is 0 Å². The van der Waals surface area contributed by atoms with Gasteiger partial charge >= 0.3 is 0 Å². The Hall–Kier alpha value is -1.73. The van der Waals surface area contributed by atoms with Crippen LogP contribution in [0.25, 0.3) is 11.4 Å². The largest absolute Gasteiger partial charge is 0.355 e. The van der Waals surface area contributed by atoms with Gasteiger partial charge in [0.1, 0.15) is 0 Å². The summed E-state index contributed by atoms with van der Waals surface area (Å²) >= 11 is 7.10. The highest BCUT2D eigenvalue weighted by atomic mass is 35.5. The molecule has 0 aliphatic heterocycles. The Morgan fingerprint density at radius 1 is 1.38 bits per heavy atom. The summed E-state index contributed by atoms with van der Waals surface area (Å²) in [6.45, 7) is 2.67. The normalized spacial score (nSPS) is 10.6. The van der Waals surface area contributed by atoms with Gasteiger partial charge in [0.15, 0.2) is 5.82 Å².